The molecule has 0 aliphatic carbocycles. The first-order chi connectivity index (χ1) is 13.3. The van der Waals surface area contributed by atoms with Crippen molar-refractivity contribution >= 4 is 22.9 Å². The van der Waals surface area contributed by atoms with Crippen LogP contribution in [-0.4, -0.2) is 15.9 Å². The molecule has 0 aliphatic heterocycles. The van der Waals surface area contributed by atoms with Crippen molar-refractivity contribution in [3.8, 4) is 22.2 Å². The molecule has 0 radical (unpaired) electrons. The minimum absolute atomic E-state index is 0.261. The van der Waals surface area contributed by atoms with E-state index in [2.05, 4.69) is 15.3 Å². The van der Waals surface area contributed by atoms with Crippen molar-refractivity contribution in [2.45, 2.75) is 0 Å². The number of amides is 1. The van der Waals surface area contributed by atoms with Crippen molar-refractivity contribution in [1.82, 2.24) is 9.97 Å². The third-order valence-electron chi connectivity index (χ3n) is 3.77. The molecule has 2 aromatic carbocycles. The number of carbonyl (C=O) groups is 1. The van der Waals surface area contributed by atoms with Crippen LogP contribution in [0.25, 0.3) is 10.6 Å². The highest BCUT2D eigenvalue weighted by molar-refractivity contribution is 7.13. The Hall–Kier alpha value is -3.51. The van der Waals surface area contributed by atoms with Crippen LogP contribution < -0.4 is 10.1 Å². The Morgan fingerprint density at radius 1 is 0.926 bits per heavy atom. The summed E-state index contributed by atoms with van der Waals surface area (Å²) in [6.45, 7) is 0. The molecule has 0 bridgehead atoms. The smallest absolute Gasteiger partial charge is 0.261 e. The van der Waals surface area contributed by atoms with E-state index in [1.54, 1.807) is 35.9 Å². The van der Waals surface area contributed by atoms with Gasteiger partial charge < -0.3 is 10.1 Å². The Morgan fingerprint density at radius 3 is 2.63 bits per heavy atom. The van der Waals surface area contributed by atoms with Gasteiger partial charge in [-0.3, -0.25) is 4.79 Å². The Labute approximate surface area is 160 Å². The number of nitrogens with zero attached hydrogens (tertiary/aromatic N) is 2. The van der Waals surface area contributed by atoms with Gasteiger partial charge in [0.1, 0.15) is 16.3 Å². The summed E-state index contributed by atoms with van der Waals surface area (Å²) in [5.74, 6) is 0.596. The van der Waals surface area contributed by atoms with Gasteiger partial charge in [0, 0.05) is 29.0 Å². The lowest BCUT2D eigenvalue weighted by atomic mass is 10.2. The zero-order chi connectivity index (χ0) is 18.5. The maximum absolute atomic E-state index is 12.8. The Kier molecular flexibility index (Phi) is 4.89. The van der Waals surface area contributed by atoms with E-state index >= 15 is 0 Å². The fraction of sp³-hybridized carbons (Fsp3) is 0. The third kappa shape index (κ3) is 4.02. The number of anilines is 1. The molecule has 6 heteroatoms. The van der Waals surface area contributed by atoms with Crippen molar-refractivity contribution < 1.29 is 9.53 Å². The average molecular weight is 373 g/mol. The number of rotatable bonds is 5. The summed E-state index contributed by atoms with van der Waals surface area (Å²) in [5, 5.41) is 5.73. The van der Waals surface area contributed by atoms with Crippen LogP contribution in [0.2, 0.25) is 0 Å². The molecule has 0 unspecified atom stereocenters. The van der Waals surface area contributed by atoms with E-state index in [1.165, 1.54) is 0 Å². The molecule has 0 fully saturated rings. The normalized spacial score (nSPS) is 10.4. The number of thiazole rings is 1. The van der Waals surface area contributed by atoms with Crippen LogP contribution >= 0.6 is 11.3 Å². The van der Waals surface area contributed by atoms with Gasteiger partial charge in [0.15, 0.2) is 0 Å². The molecule has 0 aliphatic rings. The number of hydrogen-bond acceptors (Lipinski definition) is 5. The largest absolute Gasteiger partial charge is 0.438 e. The van der Waals surface area contributed by atoms with E-state index < -0.39 is 0 Å². The second-order valence-corrected chi connectivity index (χ2v) is 6.54. The van der Waals surface area contributed by atoms with Gasteiger partial charge in [-0.2, -0.15) is 0 Å². The van der Waals surface area contributed by atoms with Crippen LogP contribution in [0.4, 0.5) is 5.69 Å². The fourth-order valence-corrected chi connectivity index (χ4v) is 3.17. The predicted molar refractivity (Wildman–Crippen MR) is 106 cm³/mol. The molecule has 0 saturated heterocycles. The van der Waals surface area contributed by atoms with Gasteiger partial charge in [0.2, 0.25) is 5.88 Å². The highest BCUT2D eigenvalue weighted by atomic mass is 32.1. The lowest BCUT2D eigenvalue weighted by Crippen LogP contribution is -2.13. The van der Waals surface area contributed by atoms with E-state index in [-0.39, 0.29) is 11.8 Å². The molecular weight excluding hydrogens is 358 g/mol. The van der Waals surface area contributed by atoms with Crippen molar-refractivity contribution in [2.24, 2.45) is 0 Å². The van der Waals surface area contributed by atoms with Crippen LogP contribution in [-0.2, 0) is 0 Å². The molecular formula is C21H15N3O2S. The first kappa shape index (κ1) is 16.9. The minimum Gasteiger partial charge on any atom is -0.438 e. The summed E-state index contributed by atoms with van der Waals surface area (Å²) in [6, 6.07) is 20.2. The number of para-hydroxylation sites is 1. The lowest BCUT2D eigenvalue weighted by Gasteiger charge is -2.11. The van der Waals surface area contributed by atoms with Gasteiger partial charge >= 0.3 is 0 Å². The molecule has 0 spiro atoms. The van der Waals surface area contributed by atoms with Crippen molar-refractivity contribution in [3.63, 3.8) is 0 Å². The van der Waals surface area contributed by atoms with Crippen LogP contribution in [0.5, 0.6) is 11.6 Å². The number of benzene rings is 2. The molecule has 2 aromatic heterocycles. The standard InChI is InChI=1S/C21H15N3O2S/c25-19(24-16-7-4-6-15(14-16)21-23-12-13-27-21)18-10-5-11-22-20(18)26-17-8-2-1-3-9-17/h1-14H,(H,24,25). The molecule has 4 aromatic rings. The van der Waals surface area contributed by atoms with Gasteiger partial charge in [-0.1, -0.05) is 30.3 Å². The maximum Gasteiger partial charge on any atom is 0.261 e. The summed E-state index contributed by atoms with van der Waals surface area (Å²) in [4.78, 5) is 21.3. The third-order valence-corrected chi connectivity index (χ3v) is 4.60. The van der Waals surface area contributed by atoms with Crippen LogP contribution in [0.3, 0.4) is 0 Å². The Balaban J connectivity index is 1.56. The van der Waals surface area contributed by atoms with Crippen LogP contribution in [0, 0.1) is 0 Å². The number of carbonyl (C=O) groups excluding carboxylic acids is 1. The van der Waals surface area contributed by atoms with E-state index in [0.29, 0.717) is 17.0 Å². The van der Waals surface area contributed by atoms with Gasteiger partial charge in [0.05, 0.1) is 0 Å². The molecule has 0 atom stereocenters. The predicted octanol–water partition coefficient (Wildman–Crippen LogP) is 5.25. The summed E-state index contributed by atoms with van der Waals surface area (Å²) in [6.07, 6.45) is 3.35. The first-order valence-electron chi connectivity index (χ1n) is 8.29. The minimum atomic E-state index is -0.287. The van der Waals surface area contributed by atoms with E-state index in [4.69, 9.17) is 4.74 Å². The number of pyridine rings is 1. The molecule has 5 nitrogen and oxygen atoms in total. The number of nitrogens with one attached hydrogen (secondary N) is 1. The second-order valence-electron chi connectivity index (χ2n) is 5.64. The molecule has 2 heterocycles. The second kappa shape index (κ2) is 7.80. The van der Waals surface area contributed by atoms with Gasteiger partial charge in [-0.25, -0.2) is 9.97 Å². The number of aromatic nitrogens is 2. The quantitative estimate of drug-likeness (QED) is 0.519. The molecule has 132 valence electrons. The Morgan fingerprint density at radius 2 is 1.81 bits per heavy atom. The van der Waals surface area contributed by atoms with E-state index in [0.717, 1.165) is 10.6 Å². The Bertz CT molecular complexity index is 1050. The van der Waals surface area contributed by atoms with Gasteiger partial charge in [0.25, 0.3) is 5.91 Å². The van der Waals surface area contributed by atoms with Crippen molar-refractivity contribution in [3.05, 3.63) is 90.1 Å². The molecule has 1 amide bonds. The number of hydrogen-bond donors (Lipinski definition) is 1. The summed E-state index contributed by atoms with van der Waals surface area (Å²) >= 11 is 1.55. The zero-order valence-electron chi connectivity index (χ0n) is 14.2. The first-order valence-corrected chi connectivity index (χ1v) is 9.17. The highest BCUT2D eigenvalue weighted by Gasteiger charge is 2.15. The van der Waals surface area contributed by atoms with Crippen molar-refractivity contribution in [2.75, 3.05) is 5.32 Å². The monoisotopic (exact) mass is 373 g/mol. The van der Waals surface area contributed by atoms with Gasteiger partial charge in [-0.05, 0) is 36.4 Å². The molecule has 1 N–H and O–H groups in total. The average Bonchev–Trinajstić information content (AvgIpc) is 3.24. The summed E-state index contributed by atoms with van der Waals surface area (Å²) in [5.41, 5.74) is 2.00. The van der Waals surface area contributed by atoms with E-state index in [1.807, 2.05) is 60.0 Å². The van der Waals surface area contributed by atoms with E-state index in [9.17, 15) is 4.79 Å². The van der Waals surface area contributed by atoms with Crippen LogP contribution in [0.15, 0.2) is 84.5 Å². The van der Waals surface area contributed by atoms with Crippen molar-refractivity contribution in [1.29, 1.82) is 0 Å². The molecule has 0 saturated carbocycles. The summed E-state index contributed by atoms with van der Waals surface area (Å²) in [7, 11) is 0. The lowest BCUT2D eigenvalue weighted by molar-refractivity contribution is 0.102. The highest BCUT2D eigenvalue weighted by Crippen LogP contribution is 2.26. The number of ether oxygens (including phenoxy) is 1. The molecule has 27 heavy (non-hydrogen) atoms. The maximum atomic E-state index is 12.8. The topological polar surface area (TPSA) is 64.1 Å². The zero-order valence-corrected chi connectivity index (χ0v) is 15.0. The fourth-order valence-electron chi connectivity index (χ4n) is 2.54. The summed E-state index contributed by atoms with van der Waals surface area (Å²) < 4.78 is 5.77. The molecule has 4 rings (SSSR count). The SMILES string of the molecule is O=C(Nc1cccc(-c2nccs2)c1)c1cccnc1Oc1ccccc1. The van der Waals surface area contributed by atoms with Gasteiger partial charge in [-0.15, -0.1) is 11.3 Å². The van der Waals surface area contributed by atoms with Crippen LogP contribution in [0.1, 0.15) is 10.4 Å².